The highest BCUT2D eigenvalue weighted by molar-refractivity contribution is 5.76. The number of hydrogen-bond donors (Lipinski definition) is 3. The van der Waals surface area contributed by atoms with Crippen molar-refractivity contribution in [3.63, 3.8) is 0 Å². The Hall–Kier alpha value is -1.92. The lowest BCUT2D eigenvalue weighted by Gasteiger charge is -2.20. The Morgan fingerprint density at radius 2 is 0.810 bits per heavy atom. The first-order chi connectivity index (χ1) is 28.5. The molecule has 340 valence electrons. The third-order valence-electron chi connectivity index (χ3n) is 11.4. The van der Waals surface area contributed by atoms with Gasteiger partial charge in [0.25, 0.3) is 0 Å². The second-order valence-corrected chi connectivity index (χ2v) is 17.1. The number of ether oxygens (including phenoxy) is 1. The Balaban J connectivity index is 3.48. The summed E-state index contributed by atoms with van der Waals surface area (Å²) >= 11 is 0. The van der Waals surface area contributed by atoms with E-state index in [0.29, 0.717) is 19.4 Å². The van der Waals surface area contributed by atoms with Crippen LogP contribution in [0.4, 0.5) is 0 Å². The van der Waals surface area contributed by atoms with Crippen LogP contribution in [0.25, 0.3) is 0 Å². The average Bonchev–Trinajstić information content (AvgIpc) is 3.22. The largest absolute Gasteiger partial charge is 0.466 e. The zero-order valence-electron chi connectivity index (χ0n) is 38.5. The summed E-state index contributed by atoms with van der Waals surface area (Å²) in [7, 11) is 0. The molecule has 2 atom stereocenters. The number of carbonyl (C=O) groups is 2. The maximum Gasteiger partial charge on any atom is 0.305 e. The average molecular weight is 816 g/mol. The summed E-state index contributed by atoms with van der Waals surface area (Å²) in [6.45, 7) is 4.84. The first-order valence-corrected chi connectivity index (χ1v) is 25.3. The Labute approximate surface area is 360 Å². The van der Waals surface area contributed by atoms with Gasteiger partial charge in [-0.1, -0.05) is 198 Å². The zero-order valence-corrected chi connectivity index (χ0v) is 38.5. The van der Waals surface area contributed by atoms with Gasteiger partial charge in [0, 0.05) is 12.8 Å². The van der Waals surface area contributed by atoms with Crippen LogP contribution < -0.4 is 5.32 Å². The molecule has 58 heavy (non-hydrogen) atoms. The summed E-state index contributed by atoms with van der Waals surface area (Å²) in [5, 5.41) is 22.9. The quantitative estimate of drug-likeness (QED) is 0.0323. The van der Waals surface area contributed by atoms with Gasteiger partial charge in [0.05, 0.1) is 25.4 Å². The van der Waals surface area contributed by atoms with E-state index in [1.54, 1.807) is 6.08 Å². The molecule has 2 unspecified atom stereocenters. The highest BCUT2D eigenvalue weighted by atomic mass is 16.5. The van der Waals surface area contributed by atoms with Gasteiger partial charge in [-0.15, -0.1) is 0 Å². The van der Waals surface area contributed by atoms with Crippen molar-refractivity contribution in [3.8, 4) is 0 Å². The number of carbonyl (C=O) groups excluding carboxylic acids is 2. The molecule has 1 amide bonds. The molecular weight excluding hydrogens is 719 g/mol. The number of allylic oxidation sites excluding steroid dienone is 5. The molecule has 0 spiro atoms. The van der Waals surface area contributed by atoms with Crippen molar-refractivity contribution in [2.24, 2.45) is 0 Å². The van der Waals surface area contributed by atoms with Crippen LogP contribution in [-0.2, 0) is 14.3 Å². The summed E-state index contributed by atoms with van der Waals surface area (Å²) in [6, 6.07) is -0.635. The van der Waals surface area contributed by atoms with E-state index in [1.807, 2.05) is 6.08 Å². The minimum absolute atomic E-state index is 0.0123. The molecule has 0 aromatic rings. The third kappa shape index (κ3) is 43.7. The number of nitrogens with one attached hydrogen (secondary N) is 1. The molecule has 3 N–H and O–H groups in total. The van der Waals surface area contributed by atoms with E-state index in [1.165, 1.54) is 173 Å². The van der Waals surface area contributed by atoms with E-state index in [2.05, 4.69) is 43.5 Å². The van der Waals surface area contributed by atoms with Gasteiger partial charge < -0.3 is 20.3 Å². The van der Waals surface area contributed by atoms with Crippen LogP contribution in [0.1, 0.15) is 258 Å². The maximum absolute atomic E-state index is 12.4. The van der Waals surface area contributed by atoms with E-state index < -0.39 is 12.1 Å². The van der Waals surface area contributed by atoms with Crippen LogP contribution in [0.3, 0.4) is 0 Å². The highest BCUT2D eigenvalue weighted by Gasteiger charge is 2.18. The first-order valence-electron chi connectivity index (χ1n) is 25.3. The fraction of sp³-hybridized carbons (Fsp3) is 0.846. The normalized spacial score (nSPS) is 13.0. The van der Waals surface area contributed by atoms with E-state index >= 15 is 0 Å². The molecule has 0 aromatic carbocycles. The van der Waals surface area contributed by atoms with E-state index in [9.17, 15) is 19.8 Å². The summed E-state index contributed by atoms with van der Waals surface area (Å²) in [6.07, 6.45) is 57.2. The van der Waals surface area contributed by atoms with E-state index in [-0.39, 0.29) is 18.5 Å². The smallest absolute Gasteiger partial charge is 0.305 e. The van der Waals surface area contributed by atoms with Crippen LogP contribution in [0, 0.1) is 0 Å². The molecule has 0 heterocycles. The van der Waals surface area contributed by atoms with Gasteiger partial charge in [0.15, 0.2) is 0 Å². The molecule has 0 bridgehead atoms. The number of unbranched alkanes of at least 4 members (excludes halogenated alkanes) is 31. The van der Waals surface area contributed by atoms with Crippen molar-refractivity contribution in [3.05, 3.63) is 36.5 Å². The molecule has 0 radical (unpaired) electrons. The molecule has 0 fully saturated rings. The lowest BCUT2D eigenvalue weighted by molar-refractivity contribution is -0.143. The number of hydrogen-bond acceptors (Lipinski definition) is 5. The summed E-state index contributed by atoms with van der Waals surface area (Å²) in [4.78, 5) is 24.4. The molecule has 6 nitrogen and oxygen atoms in total. The fourth-order valence-electron chi connectivity index (χ4n) is 7.44. The standard InChI is InChI=1S/C52H97NO5/c1-3-5-7-9-11-13-15-16-23-26-30-34-38-42-46-52(57)58-47-43-39-35-31-27-24-21-19-17-18-20-22-25-29-33-37-41-45-51(56)53-49(48-54)50(55)44-40-36-32-28-14-12-10-8-6-4-2/h15-17,19,40,44,49-50,54-55H,3-14,18,20-39,41-43,45-48H2,1-2H3,(H,53,56)/b16-15-,19-17-,44-40+. The van der Waals surface area contributed by atoms with E-state index in [4.69, 9.17) is 4.74 Å². The molecule has 0 rings (SSSR count). The van der Waals surface area contributed by atoms with Crippen molar-refractivity contribution in [1.82, 2.24) is 5.32 Å². The Morgan fingerprint density at radius 1 is 0.466 bits per heavy atom. The monoisotopic (exact) mass is 816 g/mol. The number of esters is 1. The predicted molar refractivity (Wildman–Crippen MR) is 250 cm³/mol. The molecule has 0 aliphatic heterocycles. The minimum Gasteiger partial charge on any atom is -0.466 e. The fourth-order valence-corrected chi connectivity index (χ4v) is 7.44. The summed E-state index contributed by atoms with van der Waals surface area (Å²) in [5.41, 5.74) is 0. The second kappa shape index (κ2) is 47.8. The lowest BCUT2D eigenvalue weighted by atomic mass is 10.1. The number of amides is 1. The van der Waals surface area contributed by atoms with Gasteiger partial charge in [0.1, 0.15) is 0 Å². The predicted octanol–water partition coefficient (Wildman–Crippen LogP) is 14.9. The first kappa shape index (κ1) is 56.1. The van der Waals surface area contributed by atoms with Gasteiger partial charge in [-0.25, -0.2) is 0 Å². The van der Waals surface area contributed by atoms with Gasteiger partial charge in [0.2, 0.25) is 5.91 Å². The minimum atomic E-state index is -0.850. The zero-order chi connectivity index (χ0) is 42.3. The van der Waals surface area contributed by atoms with Crippen molar-refractivity contribution >= 4 is 11.9 Å². The van der Waals surface area contributed by atoms with Gasteiger partial charge in [-0.3, -0.25) is 9.59 Å². The Bertz CT molecular complexity index is 946. The Morgan fingerprint density at radius 3 is 1.22 bits per heavy atom. The molecule has 0 saturated carbocycles. The molecule has 6 heteroatoms. The molecule has 0 saturated heterocycles. The van der Waals surface area contributed by atoms with E-state index in [0.717, 1.165) is 57.8 Å². The second-order valence-electron chi connectivity index (χ2n) is 17.1. The van der Waals surface area contributed by atoms with Crippen LogP contribution in [0.15, 0.2) is 36.5 Å². The van der Waals surface area contributed by atoms with Gasteiger partial charge in [-0.05, 0) is 83.5 Å². The molecule has 0 aromatic heterocycles. The van der Waals surface area contributed by atoms with Crippen molar-refractivity contribution < 1.29 is 24.5 Å². The molecule has 0 aliphatic rings. The Kier molecular flexibility index (Phi) is 46.2. The maximum atomic E-state index is 12.4. The molecular formula is C52H97NO5. The molecule has 0 aliphatic carbocycles. The van der Waals surface area contributed by atoms with Gasteiger partial charge >= 0.3 is 5.97 Å². The third-order valence-corrected chi connectivity index (χ3v) is 11.4. The number of rotatable bonds is 46. The van der Waals surface area contributed by atoms with Crippen LogP contribution in [0.2, 0.25) is 0 Å². The summed E-state index contributed by atoms with van der Waals surface area (Å²) in [5.74, 6) is -0.0955. The topological polar surface area (TPSA) is 95.9 Å². The lowest BCUT2D eigenvalue weighted by Crippen LogP contribution is -2.45. The SMILES string of the molecule is CCCCCCC/C=C\CCCCCCCC(=O)OCCCCCCCC/C=C\CCCCCCCCCC(=O)NC(CO)C(O)/C=C/CCCCCCCCCC. The number of aliphatic hydroxyl groups is 2. The van der Waals surface area contributed by atoms with Crippen molar-refractivity contribution in [1.29, 1.82) is 0 Å². The van der Waals surface area contributed by atoms with Crippen LogP contribution >= 0.6 is 0 Å². The van der Waals surface area contributed by atoms with Crippen LogP contribution in [0.5, 0.6) is 0 Å². The van der Waals surface area contributed by atoms with Crippen LogP contribution in [-0.4, -0.2) is 47.4 Å². The van der Waals surface area contributed by atoms with Crippen molar-refractivity contribution in [2.45, 2.75) is 270 Å². The highest BCUT2D eigenvalue weighted by Crippen LogP contribution is 2.14. The number of aliphatic hydroxyl groups excluding tert-OH is 2. The van der Waals surface area contributed by atoms with Gasteiger partial charge in [-0.2, -0.15) is 0 Å². The summed E-state index contributed by atoms with van der Waals surface area (Å²) < 4.78 is 5.45. The van der Waals surface area contributed by atoms with Crippen molar-refractivity contribution in [2.75, 3.05) is 13.2 Å².